The Bertz CT molecular complexity index is 860. The molecule has 3 aromatic rings. The van der Waals surface area contributed by atoms with Crippen molar-refractivity contribution in [3.63, 3.8) is 0 Å². The van der Waals surface area contributed by atoms with E-state index >= 15 is 0 Å². The van der Waals surface area contributed by atoms with E-state index < -0.39 is 11.9 Å². The SMILES string of the molecule is CC(C)N(C)c1nc2oc(C(=O)O)nc2nc1-c1cccnc1. The largest absolute Gasteiger partial charge is 0.474 e. The summed E-state index contributed by atoms with van der Waals surface area (Å²) < 4.78 is 5.16. The van der Waals surface area contributed by atoms with E-state index in [4.69, 9.17) is 9.52 Å². The van der Waals surface area contributed by atoms with Crippen LogP contribution in [0.25, 0.3) is 22.6 Å². The summed E-state index contributed by atoms with van der Waals surface area (Å²) in [7, 11) is 1.88. The van der Waals surface area contributed by atoms with Crippen LogP contribution in [0.1, 0.15) is 24.5 Å². The Labute approximate surface area is 131 Å². The number of carboxylic acids is 1. The van der Waals surface area contributed by atoms with Crippen LogP contribution < -0.4 is 4.90 Å². The summed E-state index contributed by atoms with van der Waals surface area (Å²) in [6, 6.07) is 3.82. The van der Waals surface area contributed by atoms with Gasteiger partial charge in [-0.3, -0.25) is 4.98 Å². The van der Waals surface area contributed by atoms with Crippen LogP contribution in [0.15, 0.2) is 28.9 Å². The Balaban J connectivity index is 2.26. The van der Waals surface area contributed by atoms with Gasteiger partial charge in [0.25, 0.3) is 5.71 Å². The Morgan fingerprint density at radius 1 is 1.30 bits per heavy atom. The molecule has 0 saturated carbocycles. The summed E-state index contributed by atoms with van der Waals surface area (Å²) in [4.78, 5) is 29.8. The first-order valence-electron chi connectivity index (χ1n) is 7.02. The van der Waals surface area contributed by atoms with Gasteiger partial charge in [-0.1, -0.05) is 0 Å². The molecule has 0 atom stereocenters. The van der Waals surface area contributed by atoms with Crippen LogP contribution in [0, 0.1) is 0 Å². The van der Waals surface area contributed by atoms with E-state index in [0.29, 0.717) is 11.5 Å². The first-order valence-corrected chi connectivity index (χ1v) is 7.02. The van der Waals surface area contributed by atoms with Gasteiger partial charge in [0.2, 0.25) is 5.65 Å². The molecule has 0 aliphatic rings. The number of fused-ring (bicyclic) bond motifs is 1. The molecule has 3 rings (SSSR count). The number of hydrogen-bond donors (Lipinski definition) is 1. The van der Waals surface area contributed by atoms with E-state index in [1.165, 1.54) is 0 Å². The van der Waals surface area contributed by atoms with Gasteiger partial charge in [-0.25, -0.2) is 9.78 Å². The molecule has 0 saturated heterocycles. The zero-order valence-electron chi connectivity index (χ0n) is 12.9. The van der Waals surface area contributed by atoms with E-state index in [9.17, 15) is 4.79 Å². The van der Waals surface area contributed by atoms with Crippen LogP contribution in [0.4, 0.5) is 5.82 Å². The highest BCUT2D eigenvalue weighted by atomic mass is 16.4. The Kier molecular flexibility index (Phi) is 3.65. The Morgan fingerprint density at radius 2 is 2.09 bits per heavy atom. The van der Waals surface area contributed by atoms with Gasteiger partial charge in [-0.15, -0.1) is 0 Å². The topological polar surface area (TPSA) is 105 Å². The second kappa shape index (κ2) is 5.64. The van der Waals surface area contributed by atoms with Crippen molar-refractivity contribution in [1.82, 2.24) is 19.9 Å². The fourth-order valence-corrected chi connectivity index (χ4v) is 2.03. The molecular formula is C15H15N5O3. The number of carbonyl (C=O) groups is 1. The number of pyridine rings is 1. The number of rotatable bonds is 4. The van der Waals surface area contributed by atoms with E-state index in [1.807, 2.05) is 31.9 Å². The van der Waals surface area contributed by atoms with Crippen molar-refractivity contribution in [3.8, 4) is 11.3 Å². The third-order valence-electron chi connectivity index (χ3n) is 3.46. The molecule has 0 fully saturated rings. The first kappa shape index (κ1) is 14.9. The normalized spacial score (nSPS) is 11.1. The maximum atomic E-state index is 11.0. The molecule has 1 N–H and O–H groups in total. The maximum Gasteiger partial charge on any atom is 0.392 e. The second-order valence-corrected chi connectivity index (χ2v) is 5.30. The molecule has 8 heteroatoms. The highest BCUT2D eigenvalue weighted by Gasteiger charge is 2.21. The predicted molar refractivity (Wildman–Crippen MR) is 83.3 cm³/mol. The van der Waals surface area contributed by atoms with Crippen molar-refractivity contribution in [1.29, 1.82) is 0 Å². The quantitative estimate of drug-likeness (QED) is 0.781. The van der Waals surface area contributed by atoms with Gasteiger partial charge in [0.15, 0.2) is 5.82 Å². The monoisotopic (exact) mass is 313 g/mol. The van der Waals surface area contributed by atoms with Gasteiger partial charge in [0.1, 0.15) is 5.69 Å². The smallest absolute Gasteiger partial charge is 0.392 e. The van der Waals surface area contributed by atoms with Gasteiger partial charge in [-0.2, -0.15) is 9.97 Å². The number of aromatic carboxylic acids is 1. The molecule has 118 valence electrons. The predicted octanol–water partition coefficient (Wildman–Crippen LogP) is 2.22. The molecule has 0 bridgehead atoms. The zero-order valence-corrected chi connectivity index (χ0v) is 12.9. The standard InChI is InChI=1S/C15H15N5O3/c1-8(2)20(3)12-10(9-5-4-6-16-7-9)17-11-13(19-12)23-14(18-11)15(21)22/h4-8H,1-3H3,(H,21,22). The average molecular weight is 313 g/mol. The van der Waals surface area contributed by atoms with Crippen molar-refractivity contribution in [2.45, 2.75) is 19.9 Å². The van der Waals surface area contributed by atoms with Crippen LogP contribution in [0.5, 0.6) is 0 Å². The summed E-state index contributed by atoms with van der Waals surface area (Å²) in [6.07, 6.45) is 3.34. The van der Waals surface area contributed by atoms with Gasteiger partial charge >= 0.3 is 11.9 Å². The fraction of sp³-hybridized carbons (Fsp3) is 0.267. The first-order chi connectivity index (χ1) is 11.0. The molecule has 0 spiro atoms. The Morgan fingerprint density at radius 3 is 2.70 bits per heavy atom. The fourth-order valence-electron chi connectivity index (χ4n) is 2.03. The molecule has 8 nitrogen and oxygen atoms in total. The summed E-state index contributed by atoms with van der Waals surface area (Å²) in [6.45, 7) is 4.03. The lowest BCUT2D eigenvalue weighted by Gasteiger charge is -2.24. The average Bonchev–Trinajstić information content (AvgIpc) is 2.97. The minimum atomic E-state index is -1.26. The molecule has 0 radical (unpaired) electrons. The van der Waals surface area contributed by atoms with Crippen LogP contribution in [0.2, 0.25) is 0 Å². The van der Waals surface area contributed by atoms with Crippen LogP contribution in [-0.4, -0.2) is 44.1 Å². The number of carboxylic acid groups (broad SMARTS) is 1. The van der Waals surface area contributed by atoms with Crippen molar-refractivity contribution in [3.05, 3.63) is 30.4 Å². The molecule has 0 amide bonds. The molecule has 3 heterocycles. The van der Waals surface area contributed by atoms with Gasteiger partial charge in [0.05, 0.1) is 0 Å². The third kappa shape index (κ3) is 2.70. The maximum absolute atomic E-state index is 11.0. The summed E-state index contributed by atoms with van der Waals surface area (Å²) in [5.74, 6) is -1.11. The van der Waals surface area contributed by atoms with Crippen LogP contribution in [0.3, 0.4) is 0 Å². The summed E-state index contributed by atoms with van der Waals surface area (Å²) in [5, 5.41) is 9.01. The van der Waals surface area contributed by atoms with Crippen molar-refractivity contribution < 1.29 is 14.3 Å². The lowest BCUT2D eigenvalue weighted by atomic mass is 10.2. The number of anilines is 1. The lowest BCUT2D eigenvalue weighted by molar-refractivity contribution is 0.0656. The minimum Gasteiger partial charge on any atom is -0.474 e. The molecule has 0 aromatic carbocycles. The molecule has 23 heavy (non-hydrogen) atoms. The third-order valence-corrected chi connectivity index (χ3v) is 3.46. The number of aromatic nitrogens is 4. The van der Waals surface area contributed by atoms with Crippen molar-refractivity contribution in [2.24, 2.45) is 0 Å². The lowest BCUT2D eigenvalue weighted by Crippen LogP contribution is -2.27. The van der Waals surface area contributed by atoms with Gasteiger partial charge in [0, 0.05) is 31.0 Å². The number of hydrogen-bond acceptors (Lipinski definition) is 7. The molecule has 3 aromatic heterocycles. The van der Waals surface area contributed by atoms with Gasteiger partial charge < -0.3 is 14.4 Å². The molecular weight excluding hydrogens is 298 g/mol. The van der Waals surface area contributed by atoms with E-state index in [-0.39, 0.29) is 17.4 Å². The van der Waals surface area contributed by atoms with E-state index in [1.54, 1.807) is 18.5 Å². The van der Waals surface area contributed by atoms with Crippen LogP contribution in [-0.2, 0) is 0 Å². The molecule has 0 aliphatic carbocycles. The second-order valence-electron chi connectivity index (χ2n) is 5.30. The van der Waals surface area contributed by atoms with E-state index in [2.05, 4.69) is 19.9 Å². The molecule has 0 unspecified atom stereocenters. The van der Waals surface area contributed by atoms with E-state index in [0.717, 1.165) is 5.56 Å². The van der Waals surface area contributed by atoms with Crippen LogP contribution >= 0.6 is 0 Å². The highest BCUT2D eigenvalue weighted by molar-refractivity contribution is 5.86. The Hall–Kier alpha value is -3.03. The minimum absolute atomic E-state index is 0.0949. The molecule has 0 aliphatic heterocycles. The number of nitrogens with zero attached hydrogens (tertiary/aromatic N) is 5. The van der Waals surface area contributed by atoms with Crippen molar-refractivity contribution >= 4 is 23.1 Å². The van der Waals surface area contributed by atoms with Gasteiger partial charge in [-0.05, 0) is 26.0 Å². The highest BCUT2D eigenvalue weighted by Crippen LogP contribution is 2.29. The number of oxazole rings is 1. The summed E-state index contributed by atoms with van der Waals surface area (Å²) >= 11 is 0. The summed E-state index contributed by atoms with van der Waals surface area (Å²) in [5.41, 5.74) is 1.59. The van der Waals surface area contributed by atoms with Crippen molar-refractivity contribution in [2.75, 3.05) is 11.9 Å². The zero-order chi connectivity index (χ0) is 16.6.